The molecule has 0 spiro atoms. The first-order valence-corrected chi connectivity index (χ1v) is 11.1. The summed E-state index contributed by atoms with van der Waals surface area (Å²) in [7, 11) is 1.56. The van der Waals surface area contributed by atoms with E-state index in [-0.39, 0.29) is 23.9 Å². The molecule has 1 saturated heterocycles. The van der Waals surface area contributed by atoms with Crippen molar-refractivity contribution >= 4 is 17.7 Å². The van der Waals surface area contributed by atoms with Crippen LogP contribution in [-0.4, -0.2) is 71.8 Å². The van der Waals surface area contributed by atoms with Crippen LogP contribution in [0.1, 0.15) is 26.3 Å². The summed E-state index contributed by atoms with van der Waals surface area (Å²) in [5, 5.41) is 9.58. The number of hydrogen-bond acceptors (Lipinski definition) is 5. The van der Waals surface area contributed by atoms with Crippen molar-refractivity contribution in [2.45, 2.75) is 38.8 Å². The Morgan fingerprint density at radius 1 is 1.06 bits per heavy atom. The third kappa shape index (κ3) is 6.37. The first-order valence-electron chi connectivity index (χ1n) is 11.1. The van der Waals surface area contributed by atoms with Crippen LogP contribution in [0.3, 0.4) is 0 Å². The average molecular weight is 458 g/mol. The summed E-state index contributed by atoms with van der Waals surface area (Å²) in [6.45, 7) is 7.15. The molecular weight excluding hydrogens is 425 g/mol. The van der Waals surface area contributed by atoms with Crippen molar-refractivity contribution in [2.24, 2.45) is 0 Å². The van der Waals surface area contributed by atoms with Gasteiger partial charge in [0.1, 0.15) is 23.2 Å². The molecule has 2 amide bonds. The molecule has 0 radical (unpaired) electrons. The fraction of sp³-hybridized carbons (Fsp3) is 0.440. The summed E-state index contributed by atoms with van der Waals surface area (Å²) in [5.74, 6) is -0.344. The van der Waals surface area contributed by atoms with E-state index in [1.807, 2.05) is 4.90 Å². The summed E-state index contributed by atoms with van der Waals surface area (Å²) in [4.78, 5) is 31.2. The standard InChI is InChI=1S/C25H32FN3O4/c1-25(2,3)33-24(32)27(4)22(17-18-9-11-19(30)12-10-18)23(31)29-15-13-28(14-16-29)21-8-6-5-7-20(21)26/h5-12,22,30H,13-17H2,1-4H3/t22-/m0/s1. The van der Waals surface area contributed by atoms with E-state index in [9.17, 15) is 19.1 Å². The molecule has 1 aliphatic rings. The fourth-order valence-electron chi connectivity index (χ4n) is 3.79. The van der Waals surface area contributed by atoms with Crippen molar-refractivity contribution in [1.29, 1.82) is 0 Å². The maximum atomic E-state index is 14.2. The average Bonchev–Trinajstić information content (AvgIpc) is 2.77. The Morgan fingerprint density at radius 2 is 1.67 bits per heavy atom. The van der Waals surface area contributed by atoms with E-state index in [1.165, 1.54) is 11.0 Å². The molecule has 0 bridgehead atoms. The quantitative estimate of drug-likeness (QED) is 0.742. The van der Waals surface area contributed by atoms with Gasteiger partial charge in [0.2, 0.25) is 5.91 Å². The van der Waals surface area contributed by atoms with Gasteiger partial charge in [-0.3, -0.25) is 9.69 Å². The molecule has 1 fully saturated rings. The summed E-state index contributed by atoms with van der Waals surface area (Å²) in [6.07, 6.45) is -0.299. The van der Waals surface area contributed by atoms with Crippen LogP contribution in [0.2, 0.25) is 0 Å². The Hall–Kier alpha value is -3.29. The maximum absolute atomic E-state index is 14.2. The molecule has 0 saturated carbocycles. The lowest BCUT2D eigenvalue weighted by Gasteiger charge is -2.39. The number of aromatic hydroxyl groups is 1. The van der Waals surface area contributed by atoms with Crippen LogP contribution < -0.4 is 4.90 Å². The normalized spacial score (nSPS) is 15.2. The third-order valence-electron chi connectivity index (χ3n) is 5.58. The highest BCUT2D eigenvalue weighted by molar-refractivity contribution is 5.86. The van der Waals surface area contributed by atoms with Crippen molar-refractivity contribution in [3.05, 3.63) is 59.9 Å². The second-order valence-corrected chi connectivity index (χ2v) is 9.24. The van der Waals surface area contributed by atoms with Crippen LogP contribution in [-0.2, 0) is 16.0 Å². The molecule has 3 rings (SSSR count). The van der Waals surface area contributed by atoms with E-state index in [0.29, 0.717) is 31.9 Å². The van der Waals surface area contributed by atoms with Gasteiger partial charge in [-0.25, -0.2) is 9.18 Å². The van der Waals surface area contributed by atoms with Gasteiger partial charge in [0.05, 0.1) is 5.69 Å². The predicted molar refractivity (Wildman–Crippen MR) is 125 cm³/mol. The highest BCUT2D eigenvalue weighted by atomic mass is 19.1. The molecule has 0 aliphatic carbocycles. The van der Waals surface area contributed by atoms with Crippen LogP contribution in [0.4, 0.5) is 14.9 Å². The van der Waals surface area contributed by atoms with Crippen molar-refractivity contribution in [3.63, 3.8) is 0 Å². The molecule has 1 aliphatic heterocycles. The van der Waals surface area contributed by atoms with Crippen molar-refractivity contribution in [1.82, 2.24) is 9.80 Å². The van der Waals surface area contributed by atoms with Crippen molar-refractivity contribution < 1.29 is 23.8 Å². The number of amides is 2. The summed E-state index contributed by atoms with van der Waals surface area (Å²) in [5.41, 5.74) is 0.644. The van der Waals surface area contributed by atoms with Crippen molar-refractivity contribution in [2.75, 3.05) is 38.1 Å². The van der Waals surface area contributed by atoms with Crippen LogP contribution in [0.15, 0.2) is 48.5 Å². The van der Waals surface area contributed by atoms with E-state index in [4.69, 9.17) is 4.74 Å². The first kappa shape index (κ1) is 24.4. The lowest BCUT2D eigenvalue weighted by atomic mass is 10.0. The molecule has 2 aromatic rings. The molecule has 8 heteroatoms. The minimum atomic E-state index is -0.774. The van der Waals surface area contributed by atoms with E-state index < -0.39 is 17.7 Å². The number of para-hydroxylation sites is 1. The van der Waals surface area contributed by atoms with Gasteiger partial charge in [-0.15, -0.1) is 0 Å². The minimum Gasteiger partial charge on any atom is -0.508 e. The monoisotopic (exact) mass is 457 g/mol. The lowest BCUT2D eigenvalue weighted by molar-refractivity contribution is -0.136. The van der Waals surface area contributed by atoms with Gasteiger partial charge in [0, 0.05) is 39.6 Å². The number of benzene rings is 2. The Bertz CT molecular complexity index is 966. The number of carbonyl (C=O) groups excluding carboxylic acids is 2. The van der Waals surface area contributed by atoms with E-state index in [1.54, 1.807) is 75.2 Å². The predicted octanol–water partition coefficient (Wildman–Crippen LogP) is 3.66. The second-order valence-electron chi connectivity index (χ2n) is 9.24. The molecule has 1 atom stereocenters. The summed E-state index contributed by atoms with van der Waals surface area (Å²) in [6, 6.07) is 12.4. The molecule has 2 aromatic carbocycles. The number of ether oxygens (including phenoxy) is 1. The highest BCUT2D eigenvalue weighted by Crippen LogP contribution is 2.22. The Balaban J connectivity index is 1.75. The summed E-state index contributed by atoms with van der Waals surface area (Å²) >= 11 is 0. The zero-order chi connectivity index (χ0) is 24.2. The third-order valence-corrected chi connectivity index (χ3v) is 5.58. The number of halogens is 1. The maximum Gasteiger partial charge on any atom is 0.410 e. The zero-order valence-electron chi connectivity index (χ0n) is 19.6. The number of phenols is 1. The number of anilines is 1. The van der Waals surface area contributed by atoms with Crippen LogP contribution in [0.5, 0.6) is 5.75 Å². The smallest absolute Gasteiger partial charge is 0.410 e. The first-order chi connectivity index (χ1) is 15.5. The molecule has 1 heterocycles. The van der Waals surface area contributed by atoms with Crippen LogP contribution in [0, 0.1) is 5.82 Å². The topological polar surface area (TPSA) is 73.3 Å². The van der Waals surface area contributed by atoms with Gasteiger partial charge in [-0.1, -0.05) is 24.3 Å². The van der Waals surface area contributed by atoms with Gasteiger partial charge < -0.3 is 19.6 Å². The number of rotatable bonds is 5. The SMILES string of the molecule is CN(C(=O)OC(C)(C)C)[C@@H](Cc1ccc(O)cc1)C(=O)N1CCN(c2ccccc2F)CC1. The number of phenolic OH excluding ortho intramolecular Hbond substituents is 1. The van der Waals surface area contributed by atoms with E-state index in [0.717, 1.165) is 5.56 Å². The highest BCUT2D eigenvalue weighted by Gasteiger charge is 2.34. The van der Waals surface area contributed by atoms with Crippen LogP contribution >= 0.6 is 0 Å². The number of piperazine rings is 1. The molecule has 7 nitrogen and oxygen atoms in total. The molecule has 0 unspecified atom stereocenters. The number of carbonyl (C=O) groups is 2. The molecule has 1 N–H and O–H groups in total. The molecular formula is C25H32FN3O4. The Labute approximate surface area is 194 Å². The number of likely N-dealkylation sites (N-methyl/N-ethyl adjacent to an activating group) is 1. The summed E-state index contributed by atoms with van der Waals surface area (Å²) < 4.78 is 19.6. The zero-order valence-corrected chi connectivity index (χ0v) is 19.6. The van der Waals surface area contributed by atoms with Gasteiger partial charge in [0.25, 0.3) is 0 Å². The van der Waals surface area contributed by atoms with Gasteiger partial charge in [-0.05, 0) is 50.6 Å². The lowest BCUT2D eigenvalue weighted by Crippen LogP contribution is -2.56. The second kappa shape index (κ2) is 10.1. The van der Waals surface area contributed by atoms with Crippen molar-refractivity contribution in [3.8, 4) is 5.75 Å². The van der Waals surface area contributed by atoms with E-state index >= 15 is 0 Å². The molecule has 33 heavy (non-hydrogen) atoms. The van der Waals surface area contributed by atoms with Gasteiger partial charge in [0.15, 0.2) is 0 Å². The van der Waals surface area contributed by atoms with Crippen LogP contribution in [0.25, 0.3) is 0 Å². The molecule has 0 aromatic heterocycles. The Kier molecular flexibility index (Phi) is 7.46. The fourth-order valence-corrected chi connectivity index (χ4v) is 3.79. The Morgan fingerprint density at radius 3 is 2.24 bits per heavy atom. The minimum absolute atomic E-state index is 0.131. The molecule has 178 valence electrons. The van der Waals surface area contributed by atoms with Gasteiger partial charge >= 0.3 is 6.09 Å². The largest absolute Gasteiger partial charge is 0.508 e. The van der Waals surface area contributed by atoms with Gasteiger partial charge in [-0.2, -0.15) is 0 Å². The number of hydrogen-bond donors (Lipinski definition) is 1. The van der Waals surface area contributed by atoms with E-state index in [2.05, 4.69) is 0 Å². The number of nitrogens with zero attached hydrogens (tertiary/aromatic N) is 3.